The van der Waals surface area contributed by atoms with E-state index in [1.807, 2.05) is 13.8 Å². The van der Waals surface area contributed by atoms with Crippen LogP contribution < -0.4 is 4.72 Å². The maximum atomic E-state index is 13.9. The number of aliphatic hydroxyl groups is 1. The van der Waals surface area contributed by atoms with Gasteiger partial charge < -0.3 is 9.84 Å². The number of rotatable bonds is 7. The van der Waals surface area contributed by atoms with Crippen molar-refractivity contribution in [3.63, 3.8) is 0 Å². The lowest BCUT2D eigenvalue weighted by atomic mass is 10.2. The molecule has 0 radical (unpaired) electrons. The lowest BCUT2D eigenvalue weighted by Crippen LogP contribution is -2.29. The van der Waals surface area contributed by atoms with E-state index in [-0.39, 0.29) is 29.8 Å². The fourth-order valence-electron chi connectivity index (χ4n) is 1.48. The zero-order valence-electron chi connectivity index (χ0n) is 11.2. The molecule has 0 saturated heterocycles. The van der Waals surface area contributed by atoms with Gasteiger partial charge in [0, 0.05) is 17.1 Å². The molecule has 114 valence electrons. The van der Waals surface area contributed by atoms with Gasteiger partial charge in [-0.1, -0.05) is 11.6 Å². The van der Waals surface area contributed by atoms with Crippen molar-refractivity contribution in [2.24, 2.45) is 0 Å². The maximum Gasteiger partial charge on any atom is 0.243 e. The minimum Gasteiger partial charge on any atom is -0.392 e. The average Bonchev–Trinajstić information content (AvgIpc) is 2.36. The van der Waals surface area contributed by atoms with Crippen LogP contribution in [0.25, 0.3) is 0 Å². The van der Waals surface area contributed by atoms with Crippen molar-refractivity contribution in [1.29, 1.82) is 0 Å². The van der Waals surface area contributed by atoms with Gasteiger partial charge in [-0.3, -0.25) is 0 Å². The fourth-order valence-corrected chi connectivity index (χ4v) is 2.94. The topological polar surface area (TPSA) is 75.6 Å². The predicted octanol–water partition coefficient (Wildman–Crippen LogP) is 1.67. The molecule has 5 nitrogen and oxygen atoms in total. The van der Waals surface area contributed by atoms with Crippen LogP contribution in [0.4, 0.5) is 4.39 Å². The van der Waals surface area contributed by atoms with Crippen molar-refractivity contribution in [3.05, 3.63) is 28.5 Å². The van der Waals surface area contributed by atoms with Crippen LogP contribution >= 0.6 is 11.6 Å². The zero-order chi connectivity index (χ0) is 15.3. The number of sulfonamides is 1. The molecule has 20 heavy (non-hydrogen) atoms. The highest BCUT2D eigenvalue weighted by molar-refractivity contribution is 7.89. The monoisotopic (exact) mass is 325 g/mol. The number of ether oxygens (including phenoxy) is 1. The number of hydrogen-bond donors (Lipinski definition) is 2. The summed E-state index contributed by atoms with van der Waals surface area (Å²) in [6, 6.07) is 2.18. The molecule has 0 aliphatic heterocycles. The molecule has 0 bridgehead atoms. The van der Waals surface area contributed by atoms with Crippen molar-refractivity contribution in [2.75, 3.05) is 13.2 Å². The second-order valence-electron chi connectivity index (χ2n) is 4.35. The van der Waals surface area contributed by atoms with Crippen molar-refractivity contribution in [2.45, 2.75) is 31.5 Å². The van der Waals surface area contributed by atoms with E-state index < -0.39 is 27.3 Å². The summed E-state index contributed by atoms with van der Waals surface area (Å²) in [6.45, 7) is 3.19. The Morgan fingerprint density at radius 1 is 1.45 bits per heavy atom. The zero-order valence-corrected chi connectivity index (χ0v) is 12.8. The summed E-state index contributed by atoms with van der Waals surface area (Å²) in [5.41, 5.74) is -0.170. The van der Waals surface area contributed by atoms with Gasteiger partial charge in [0.25, 0.3) is 0 Å². The number of aliphatic hydroxyl groups excluding tert-OH is 1. The van der Waals surface area contributed by atoms with Crippen LogP contribution in [0.5, 0.6) is 0 Å². The first-order valence-corrected chi connectivity index (χ1v) is 7.84. The molecule has 1 rings (SSSR count). The van der Waals surface area contributed by atoms with E-state index in [0.29, 0.717) is 0 Å². The molecule has 0 atom stereocenters. The largest absolute Gasteiger partial charge is 0.392 e. The third-order valence-electron chi connectivity index (χ3n) is 2.38. The SMILES string of the molecule is CC(C)OCCNS(=O)(=O)c1cc(Cl)cc(CO)c1F. The van der Waals surface area contributed by atoms with Crippen LogP contribution in [0.15, 0.2) is 17.0 Å². The lowest BCUT2D eigenvalue weighted by molar-refractivity contribution is 0.0833. The highest BCUT2D eigenvalue weighted by atomic mass is 35.5. The van der Waals surface area contributed by atoms with Gasteiger partial charge in [0.05, 0.1) is 19.3 Å². The first-order chi connectivity index (χ1) is 9.27. The first-order valence-electron chi connectivity index (χ1n) is 5.98. The van der Waals surface area contributed by atoms with Crippen molar-refractivity contribution in [3.8, 4) is 0 Å². The quantitative estimate of drug-likeness (QED) is 0.748. The Balaban J connectivity index is 2.90. The van der Waals surface area contributed by atoms with Gasteiger partial charge >= 0.3 is 0 Å². The summed E-state index contributed by atoms with van der Waals surface area (Å²) in [4.78, 5) is -0.585. The molecule has 2 N–H and O–H groups in total. The molecule has 0 amide bonds. The molecular weight excluding hydrogens is 309 g/mol. The van der Waals surface area contributed by atoms with E-state index in [2.05, 4.69) is 4.72 Å². The minimum absolute atomic E-state index is 0.0148. The van der Waals surface area contributed by atoms with Gasteiger partial charge in [-0.05, 0) is 26.0 Å². The molecular formula is C12H17ClFNO4S. The van der Waals surface area contributed by atoms with Crippen LogP contribution in [-0.4, -0.2) is 32.8 Å². The van der Waals surface area contributed by atoms with E-state index in [1.165, 1.54) is 6.07 Å². The smallest absolute Gasteiger partial charge is 0.243 e. The fraction of sp³-hybridized carbons (Fsp3) is 0.500. The van der Waals surface area contributed by atoms with Crippen LogP contribution in [-0.2, 0) is 21.4 Å². The second kappa shape index (κ2) is 7.33. The standard InChI is InChI=1S/C12H17ClFNO4S/c1-8(2)19-4-3-15-20(17,18)11-6-10(13)5-9(7-16)12(11)14/h5-6,8,15-16H,3-4,7H2,1-2H3. The number of hydrogen-bond acceptors (Lipinski definition) is 4. The van der Waals surface area contributed by atoms with Crippen LogP contribution in [0, 0.1) is 5.82 Å². The second-order valence-corrected chi connectivity index (χ2v) is 6.52. The average molecular weight is 326 g/mol. The molecule has 1 aromatic carbocycles. The number of benzene rings is 1. The predicted molar refractivity (Wildman–Crippen MR) is 73.6 cm³/mol. The Hall–Kier alpha value is -0.730. The number of nitrogens with one attached hydrogen (secondary N) is 1. The highest BCUT2D eigenvalue weighted by Crippen LogP contribution is 2.23. The molecule has 0 aliphatic carbocycles. The summed E-state index contributed by atoms with van der Waals surface area (Å²) in [5, 5.41) is 9.01. The Morgan fingerprint density at radius 2 is 2.10 bits per heavy atom. The molecule has 0 heterocycles. The van der Waals surface area contributed by atoms with E-state index in [0.717, 1.165) is 6.07 Å². The summed E-state index contributed by atoms with van der Waals surface area (Å²) in [7, 11) is -4.04. The summed E-state index contributed by atoms with van der Waals surface area (Å²) in [5.74, 6) is -1.01. The van der Waals surface area contributed by atoms with E-state index >= 15 is 0 Å². The van der Waals surface area contributed by atoms with Crippen LogP contribution in [0.1, 0.15) is 19.4 Å². The third kappa shape index (κ3) is 4.68. The van der Waals surface area contributed by atoms with Crippen molar-refractivity contribution >= 4 is 21.6 Å². The molecule has 0 aliphatic rings. The van der Waals surface area contributed by atoms with Crippen LogP contribution in [0.2, 0.25) is 5.02 Å². The van der Waals surface area contributed by atoms with Crippen molar-refractivity contribution in [1.82, 2.24) is 4.72 Å². The van der Waals surface area contributed by atoms with Gasteiger partial charge in [0.15, 0.2) is 0 Å². The highest BCUT2D eigenvalue weighted by Gasteiger charge is 2.22. The maximum absolute atomic E-state index is 13.9. The summed E-state index contributed by atoms with van der Waals surface area (Å²) >= 11 is 5.71. The number of halogens is 2. The third-order valence-corrected chi connectivity index (χ3v) is 4.06. The van der Waals surface area contributed by atoms with Crippen LogP contribution in [0.3, 0.4) is 0 Å². The molecule has 0 fully saturated rings. The van der Waals surface area contributed by atoms with Gasteiger partial charge in [0.2, 0.25) is 10.0 Å². The van der Waals surface area contributed by atoms with E-state index in [4.69, 9.17) is 21.4 Å². The molecule has 0 unspecified atom stereocenters. The van der Waals surface area contributed by atoms with E-state index in [1.54, 1.807) is 0 Å². The van der Waals surface area contributed by atoms with Crippen molar-refractivity contribution < 1.29 is 22.7 Å². The van der Waals surface area contributed by atoms with E-state index in [9.17, 15) is 12.8 Å². The lowest BCUT2D eigenvalue weighted by Gasteiger charge is -2.11. The van der Waals surface area contributed by atoms with Gasteiger partial charge in [-0.25, -0.2) is 17.5 Å². The Kier molecular flexibility index (Phi) is 6.35. The minimum atomic E-state index is -4.04. The first kappa shape index (κ1) is 17.3. The summed E-state index contributed by atoms with van der Waals surface area (Å²) < 4.78 is 45.3. The summed E-state index contributed by atoms with van der Waals surface area (Å²) in [6.07, 6.45) is -0.0246. The normalized spacial score (nSPS) is 12.1. The Bertz CT molecular complexity index is 563. The molecule has 0 aromatic heterocycles. The molecule has 1 aromatic rings. The Labute approximate surface area is 122 Å². The molecule has 8 heteroatoms. The van der Waals surface area contributed by atoms with Gasteiger partial charge in [0.1, 0.15) is 10.7 Å². The molecule has 0 spiro atoms. The molecule has 0 saturated carbocycles. The Morgan fingerprint density at radius 3 is 2.65 bits per heavy atom. The van der Waals surface area contributed by atoms with Gasteiger partial charge in [-0.2, -0.15) is 0 Å². The van der Waals surface area contributed by atoms with Gasteiger partial charge in [-0.15, -0.1) is 0 Å².